The number of nitrogens with zero attached hydrogens (tertiary/aromatic N) is 17. The average molecular weight is 2310 g/mol. The number of H-pyrrole nitrogens is 5. The molecule has 18 heterocycles. The van der Waals surface area contributed by atoms with E-state index in [0.29, 0.717) is 4.57 Å². The van der Waals surface area contributed by atoms with Crippen LogP contribution in [0.15, 0.2) is 100 Å². The van der Waals surface area contributed by atoms with E-state index in [1.165, 1.54) is 5.82 Å². The van der Waals surface area contributed by atoms with Gasteiger partial charge in [0.05, 0.1) is 32.5 Å². The maximum atomic E-state index is 14.9. The van der Waals surface area contributed by atoms with Crippen molar-refractivity contribution in [3.8, 4) is 0 Å². The first-order valence-electron chi connectivity index (χ1n) is 43.1. The van der Waals surface area contributed by atoms with Gasteiger partial charge in [0.15, 0.2) is 52.8 Å². The van der Waals surface area contributed by atoms with E-state index in [0.717, 1.165) is 89.5 Å². The van der Waals surface area contributed by atoms with E-state index in [9.17, 15) is 136 Å². The molecule has 0 amide bonds. The van der Waals surface area contributed by atoms with Crippen molar-refractivity contribution in [3.63, 3.8) is 0 Å². The van der Waals surface area contributed by atoms with E-state index in [2.05, 4.69) is 69.8 Å². The normalized spacial score (nSPS) is 32.1. The first kappa shape index (κ1) is 109. The monoisotopic (exact) mass is 2310 g/mol. The zero-order valence-electron chi connectivity index (χ0n) is 75.3. The van der Waals surface area contributed by atoms with E-state index in [-0.39, 0.29) is 17.0 Å². The first-order valence-corrected chi connectivity index (χ1v) is 54.8. The predicted octanol–water partition coefficient (Wildman–Crippen LogP) is -10.6. The fourth-order valence-electron chi connectivity index (χ4n) is 17.1. The number of nitrogen functional groups attached to an aromatic ring is 6. The van der Waals surface area contributed by atoms with Gasteiger partial charge < -0.3 is 98.7 Å². The van der Waals surface area contributed by atoms with Crippen molar-refractivity contribution < 1.29 is 185 Å². The third-order valence-electron chi connectivity index (χ3n) is 23.8. The van der Waals surface area contributed by atoms with Crippen LogP contribution in [0, 0.1) is 0 Å². The number of hydrogen-bond donors (Lipinski definition) is 25. The second-order valence-corrected chi connectivity index (χ2v) is 44.0. The van der Waals surface area contributed by atoms with Crippen LogP contribution in [-0.2, 0) is 115 Å². The summed E-state index contributed by atoms with van der Waals surface area (Å²) in [6.45, 7) is -9.31. The minimum atomic E-state index is -6.12. The van der Waals surface area contributed by atoms with Crippen LogP contribution < -0.4 is 79.3 Å². The molecule has 7 saturated heterocycles. The molecule has 0 bridgehead atoms. The zero-order valence-corrected chi connectivity index (χ0v) is 82.4. The Balaban J connectivity index is 0.582. The van der Waals surface area contributed by atoms with E-state index < -0.39 is 387 Å². The molecule has 34 atom stereocenters. The van der Waals surface area contributed by atoms with Crippen molar-refractivity contribution in [2.24, 2.45) is 0 Å². The van der Waals surface area contributed by atoms with E-state index in [1.54, 1.807) is 0 Å². The molecule has 0 spiro atoms. The summed E-state index contributed by atoms with van der Waals surface area (Å²) in [5, 5.41) is 92.1. The van der Waals surface area contributed by atoms with Gasteiger partial charge in [-0.1, -0.05) is 0 Å². The Bertz CT molecular complexity index is 7810. The molecule has 75 nitrogen and oxygen atoms in total. The number of nitrogens with two attached hydrogens (primary N) is 6. The Kier molecular flexibility index (Phi) is 30.7. The number of rotatable bonds is 39. The Hall–Kier alpha value is -10.8. The SMILES string of the molecule is C[Se][C@@H]1[C@H](OP(=O)(O)OC[C@H]2O[C@@H](n3cnc4c(=O)[nH]c(N)nc43)[C@H](O)[C@@H]2OP(=O)(O)OC[C@H]2O[C@@H](n3ccc(N)nc3=O)[C@H](O)[C@@H]2OP(=O)(O)OC[C@H]2O[C@@H](n3cnc4c(=O)[nH]c(N)nc43)[C@H](O)[C@@H]2OP(=O)(O)OC[C@H]2O[C@@H](n3ccc(N)nc3=O)[C@H](O)[C@@H]2O)[C@@H](COP(=O)(O)O[C@H]2[C@@H](O)[C@H](n3cnc4c(=O)[nH]c(N)nc43)O[C@@H]2COP(=O)(O)O[C@H]2[C@@H](O)[C@H](n3cnc4c(=O)[nH]c(N)nc43)O[C@@H]2CO)O[C@H]1n1ccc(=O)[nH]c1=O. The number of aliphatic hydroxyl groups excluding tert-OH is 8. The van der Waals surface area contributed by atoms with Crippen molar-refractivity contribution in [2.45, 2.75) is 176 Å². The number of imidazole rings is 4. The van der Waals surface area contributed by atoms with Crippen LogP contribution in [0.3, 0.4) is 0 Å². The van der Waals surface area contributed by atoms with E-state index >= 15 is 0 Å². The van der Waals surface area contributed by atoms with Crippen LogP contribution in [-0.4, -0.2) is 360 Å². The fourth-order valence-corrected chi connectivity index (χ4v) is 25.0. The first-order chi connectivity index (χ1) is 70.7. The maximum absolute atomic E-state index is 14.9. The number of aliphatic hydroxyl groups is 8. The van der Waals surface area contributed by atoms with Crippen molar-refractivity contribution in [2.75, 3.05) is 80.7 Å². The van der Waals surface area contributed by atoms with Gasteiger partial charge >= 0.3 is 354 Å². The second-order valence-electron chi connectivity index (χ2n) is 33.5. The Labute approximate surface area is 832 Å². The molecule has 0 aromatic carbocycles. The van der Waals surface area contributed by atoms with Gasteiger partial charge in [-0.15, -0.1) is 0 Å². The molecule has 816 valence electrons. The number of anilines is 6. The molecule has 18 rings (SSSR count). The van der Waals surface area contributed by atoms with Gasteiger partial charge in [0.1, 0.15) is 84.9 Å². The van der Waals surface area contributed by atoms with Crippen molar-refractivity contribution >= 4 is 142 Å². The van der Waals surface area contributed by atoms with Gasteiger partial charge in [-0.25, -0.2) is 38.2 Å². The summed E-state index contributed by atoms with van der Waals surface area (Å²) in [7, 11) is -35.6. The van der Waals surface area contributed by atoms with Crippen LogP contribution in [0.2, 0.25) is 10.6 Å². The summed E-state index contributed by atoms with van der Waals surface area (Å²) in [6.07, 6.45) is -50.2. The molecule has 0 radical (unpaired) electrons. The van der Waals surface area contributed by atoms with Gasteiger partial charge in [0.2, 0.25) is 23.8 Å². The van der Waals surface area contributed by atoms with Crippen LogP contribution >= 0.6 is 46.9 Å². The minimum absolute atomic E-state index is 0.240. The number of ether oxygens (including phenoxy) is 7. The zero-order chi connectivity index (χ0) is 108. The van der Waals surface area contributed by atoms with Crippen molar-refractivity contribution in [1.82, 2.24) is 107 Å². The molecule has 150 heavy (non-hydrogen) atoms. The average Bonchev–Trinajstić information content (AvgIpc) is 1.61. The number of aromatic nitrogens is 22. The number of phosphoric acid groups is 6. The number of aromatic amines is 5. The number of fused-ring (bicyclic) bond motifs is 4. The fraction of sp³-hybridized carbons (Fsp3) is 0.529. The third kappa shape index (κ3) is 22.3. The summed E-state index contributed by atoms with van der Waals surface area (Å²) in [5.74, 6) is -1.22. The topological polar surface area (TPSA) is 1100 Å². The molecule has 82 heteroatoms. The molecule has 0 aliphatic carbocycles. The van der Waals surface area contributed by atoms with Crippen LogP contribution in [0.4, 0.5) is 35.4 Å². The van der Waals surface area contributed by atoms with Gasteiger partial charge in [-0.3, -0.25) is 80.0 Å². The Morgan fingerprint density at radius 1 is 0.327 bits per heavy atom. The predicted molar refractivity (Wildman–Crippen MR) is 483 cm³/mol. The standard InChI is InChI=1S/C68H86N28O47P6Se/c1-150-46-45(25(137-61(46)92-7-4-28(98)81-68(92)112)14-130-148(121,122)142-43-22(134-59(38(43)104)95-17-77-31-49(95)84-64(73)88-53(31)108)11-126-145(115,116)138-40-19(8-97)131-57(35(40)101)93-15-75-29-47(93)82-62(71)86-51(29)106)143-149(123,124)129-13-24-44(39(105)60(136-24)96-18-78-32-50(96)85-65(74)89-54(32)109)141-147(119,120)127-10-21-41(36(102)56(133-21)91-6-3-27(70)80-67(91)111)139-146(117,118)128-12-23-42(37(103)58(135-23)94-16-76-30-48(94)83-63(72)87-52(30)107)140-144(113,114)125-9-20-33(99)34(100)55(132-20)90-5-2-26(69)79-66(90)110/h2-7,15-25,33-46,55-61,97,99-105H,8-14H2,1H3,(H,113,114)(H,115,116)(H,117,118)(H,119,120)(H,121,122)(H,123,124)(H2,69,79,110)(H2,70,80,111)(H,81,98,112)(H3,71,82,86,106)(H3,72,83,87,107)(H3,73,84,88,108)(H3,74,85,89,109)/t19-,20-,21-,22-,23-,24-,25-,33-,34-,35-,36-,37-,38-,39-,40-,41-,42-,43-,44-,45-,46-,55-,56-,57-,58-,59-,60-,61-/m1/s1. The molecule has 7 fully saturated rings. The molecule has 11 aromatic heterocycles. The number of phosphoric ester groups is 6. The summed E-state index contributed by atoms with van der Waals surface area (Å²) >= 11 is -1.04. The van der Waals surface area contributed by atoms with Crippen LogP contribution in [0.5, 0.6) is 0 Å². The summed E-state index contributed by atoms with van der Waals surface area (Å²) in [5.41, 5.74) is 23.1. The molecular weight excluding hydrogens is 2230 g/mol. The quantitative estimate of drug-likeness (QED) is 0.0126. The van der Waals surface area contributed by atoms with Gasteiger partial charge in [-0.05, 0) is 12.1 Å². The van der Waals surface area contributed by atoms with Gasteiger partial charge in [0.25, 0.3) is 22.2 Å². The summed E-state index contributed by atoms with van der Waals surface area (Å²) < 4.78 is 199. The molecule has 11 aromatic rings. The molecule has 7 aliphatic heterocycles. The van der Waals surface area contributed by atoms with Crippen LogP contribution in [0.1, 0.15) is 43.6 Å². The van der Waals surface area contributed by atoms with E-state index in [1.807, 2.05) is 4.98 Å². The molecule has 0 saturated carbocycles. The number of hydrogen-bond acceptors (Lipinski definition) is 57. The molecule has 6 unspecified atom stereocenters. The Morgan fingerprint density at radius 2 is 0.580 bits per heavy atom. The summed E-state index contributed by atoms with van der Waals surface area (Å²) in [4.78, 5) is 222. The van der Waals surface area contributed by atoms with Crippen molar-refractivity contribution in [1.29, 1.82) is 0 Å². The molecular formula is C68H86N28O47P6Se. The molecule has 31 N–H and O–H groups in total. The Morgan fingerprint density at radius 3 is 0.873 bits per heavy atom. The van der Waals surface area contributed by atoms with Gasteiger partial charge in [0, 0.05) is 12.4 Å². The number of nitrogens with one attached hydrogen (secondary N) is 5. The third-order valence-corrected chi connectivity index (χ3v) is 31.9. The van der Waals surface area contributed by atoms with Crippen LogP contribution in [0.25, 0.3) is 44.7 Å². The summed E-state index contributed by atoms with van der Waals surface area (Å²) in [6, 6.07) is 2.97. The van der Waals surface area contributed by atoms with Crippen molar-refractivity contribution in [3.05, 3.63) is 145 Å². The van der Waals surface area contributed by atoms with E-state index in [4.69, 9.17) is 122 Å². The second kappa shape index (κ2) is 42.2. The molecule has 7 aliphatic rings. The van der Waals surface area contributed by atoms with Gasteiger partial charge in [-0.2, -0.15) is 24.9 Å².